The molecule has 2 saturated heterocycles. The highest BCUT2D eigenvalue weighted by Gasteiger charge is 2.50. The third-order valence-corrected chi connectivity index (χ3v) is 5.25. The number of halogens is 1. The summed E-state index contributed by atoms with van der Waals surface area (Å²) in [6, 6.07) is 0.869. The van der Waals surface area contributed by atoms with Crippen molar-refractivity contribution in [3.8, 4) is 0 Å². The van der Waals surface area contributed by atoms with Gasteiger partial charge in [-0.3, -0.25) is 4.79 Å². The molecule has 3 fully saturated rings. The smallest absolute Gasteiger partial charge is 0.306 e. The average Bonchev–Trinajstić information content (AvgIpc) is 3.06. The molecule has 3 rings (SSSR count). The van der Waals surface area contributed by atoms with Gasteiger partial charge in [-0.15, -0.1) is 0 Å². The quantitative estimate of drug-likeness (QED) is 0.439. The molecular weight excluding hydrogens is 317 g/mol. The Morgan fingerprint density at radius 2 is 2.06 bits per heavy atom. The monoisotopic (exact) mass is 335 g/mol. The lowest BCUT2D eigenvalue weighted by Crippen LogP contribution is -2.45. The van der Waals surface area contributed by atoms with Crippen LogP contribution in [0.4, 0.5) is 0 Å². The van der Waals surface area contributed by atoms with Crippen LogP contribution in [0.3, 0.4) is 0 Å². The van der Waals surface area contributed by atoms with E-state index in [9.17, 15) is 4.79 Å². The maximum absolute atomic E-state index is 11.5. The van der Waals surface area contributed by atoms with Crippen LogP contribution in [-0.4, -0.2) is 40.5 Å². The maximum Gasteiger partial charge on any atom is 0.306 e. The lowest BCUT2D eigenvalue weighted by molar-refractivity contribution is -0.140. The van der Waals surface area contributed by atoms with E-state index in [2.05, 4.69) is 27.5 Å². The number of alkyl halides is 1. The zero-order valence-electron chi connectivity index (χ0n) is 9.45. The molecular formula is C12H18INO2. The van der Waals surface area contributed by atoms with E-state index in [0.29, 0.717) is 6.42 Å². The fourth-order valence-electron chi connectivity index (χ4n) is 3.19. The van der Waals surface area contributed by atoms with Crippen LogP contribution in [0.25, 0.3) is 0 Å². The lowest BCUT2D eigenvalue weighted by atomic mass is 9.73. The van der Waals surface area contributed by atoms with Gasteiger partial charge in [-0.2, -0.15) is 0 Å². The molecule has 1 saturated carbocycles. The standard InChI is InChI=1S/C12H18INO2/c13-8-10-12(7-11(15)16-10)3-5-14(6-4-12)9-1-2-9/h9-10H,1-8H2. The first-order valence-electron chi connectivity index (χ1n) is 6.23. The molecule has 2 aliphatic heterocycles. The van der Waals surface area contributed by atoms with Crippen LogP contribution in [0.1, 0.15) is 32.1 Å². The molecule has 0 aromatic rings. The van der Waals surface area contributed by atoms with E-state index in [1.54, 1.807) is 0 Å². The fraction of sp³-hybridized carbons (Fsp3) is 0.917. The molecule has 3 aliphatic rings. The number of carbonyl (C=O) groups is 1. The number of ether oxygens (including phenoxy) is 1. The molecule has 16 heavy (non-hydrogen) atoms. The topological polar surface area (TPSA) is 29.5 Å². The Balaban J connectivity index is 1.67. The lowest BCUT2D eigenvalue weighted by Gasteiger charge is -2.40. The molecule has 0 bridgehead atoms. The molecule has 1 unspecified atom stereocenters. The van der Waals surface area contributed by atoms with E-state index in [4.69, 9.17) is 4.74 Å². The summed E-state index contributed by atoms with van der Waals surface area (Å²) in [7, 11) is 0. The highest BCUT2D eigenvalue weighted by Crippen LogP contribution is 2.46. The van der Waals surface area contributed by atoms with Gasteiger partial charge in [0, 0.05) is 15.9 Å². The number of hydrogen-bond acceptors (Lipinski definition) is 3. The second kappa shape index (κ2) is 4.12. The molecule has 3 nitrogen and oxygen atoms in total. The van der Waals surface area contributed by atoms with E-state index >= 15 is 0 Å². The summed E-state index contributed by atoms with van der Waals surface area (Å²) in [6.45, 7) is 2.35. The molecule has 90 valence electrons. The Labute approximate surface area is 110 Å². The number of esters is 1. The first kappa shape index (κ1) is 11.3. The van der Waals surface area contributed by atoms with Crippen molar-refractivity contribution >= 4 is 28.6 Å². The summed E-state index contributed by atoms with van der Waals surface area (Å²) in [5.74, 6) is 0.0292. The molecule has 2 heterocycles. The molecule has 0 amide bonds. The highest BCUT2D eigenvalue weighted by molar-refractivity contribution is 14.1. The van der Waals surface area contributed by atoms with Gasteiger partial charge in [0.25, 0.3) is 0 Å². The first-order valence-corrected chi connectivity index (χ1v) is 7.76. The molecule has 0 radical (unpaired) electrons. The van der Waals surface area contributed by atoms with Crippen LogP contribution in [0.15, 0.2) is 0 Å². The molecule has 4 heteroatoms. The van der Waals surface area contributed by atoms with Crippen molar-refractivity contribution in [2.75, 3.05) is 17.5 Å². The van der Waals surface area contributed by atoms with E-state index in [1.807, 2.05) is 0 Å². The summed E-state index contributed by atoms with van der Waals surface area (Å²) in [4.78, 5) is 14.1. The zero-order chi connectivity index (χ0) is 11.2. The van der Waals surface area contributed by atoms with Crippen LogP contribution in [0.2, 0.25) is 0 Å². The largest absolute Gasteiger partial charge is 0.461 e. The maximum atomic E-state index is 11.5. The third kappa shape index (κ3) is 1.88. The summed E-state index contributed by atoms with van der Waals surface area (Å²) in [5, 5.41) is 0. The summed E-state index contributed by atoms with van der Waals surface area (Å²) in [6.07, 6.45) is 5.93. The van der Waals surface area contributed by atoms with Crippen LogP contribution < -0.4 is 0 Å². The van der Waals surface area contributed by atoms with E-state index in [0.717, 1.165) is 23.3 Å². The molecule has 1 atom stereocenters. The van der Waals surface area contributed by atoms with Gasteiger partial charge in [-0.05, 0) is 38.8 Å². The SMILES string of the molecule is O=C1CC2(CCN(C3CC3)CC2)C(CI)O1. The first-order chi connectivity index (χ1) is 7.73. The number of likely N-dealkylation sites (tertiary alicyclic amines) is 1. The van der Waals surface area contributed by atoms with Gasteiger partial charge in [0.15, 0.2) is 0 Å². The van der Waals surface area contributed by atoms with E-state index in [-0.39, 0.29) is 17.5 Å². The molecule has 0 N–H and O–H groups in total. The van der Waals surface area contributed by atoms with Gasteiger partial charge in [-0.1, -0.05) is 22.6 Å². The Morgan fingerprint density at radius 3 is 2.62 bits per heavy atom. The van der Waals surface area contributed by atoms with Crippen molar-refractivity contribution in [1.82, 2.24) is 4.90 Å². The summed E-state index contributed by atoms with van der Waals surface area (Å²) < 4.78 is 6.40. The Morgan fingerprint density at radius 1 is 1.38 bits per heavy atom. The predicted octanol–water partition coefficient (Wildman–Crippen LogP) is 1.98. The Kier molecular flexibility index (Phi) is 2.90. The number of piperidine rings is 1. The Hall–Kier alpha value is 0.160. The molecule has 0 aromatic heterocycles. The fourth-order valence-corrected chi connectivity index (χ4v) is 4.31. The van der Waals surface area contributed by atoms with Crippen LogP contribution in [-0.2, 0) is 9.53 Å². The van der Waals surface area contributed by atoms with Gasteiger partial charge < -0.3 is 9.64 Å². The van der Waals surface area contributed by atoms with Crippen LogP contribution >= 0.6 is 22.6 Å². The van der Waals surface area contributed by atoms with Crippen molar-refractivity contribution in [3.05, 3.63) is 0 Å². The number of cyclic esters (lactones) is 1. The zero-order valence-corrected chi connectivity index (χ0v) is 11.6. The van der Waals surface area contributed by atoms with Crippen LogP contribution in [0.5, 0.6) is 0 Å². The second-order valence-electron chi connectivity index (χ2n) is 5.44. The normalized spacial score (nSPS) is 34.3. The minimum Gasteiger partial charge on any atom is -0.461 e. The van der Waals surface area contributed by atoms with E-state index < -0.39 is 0 Å². The van der Waals surface area contributed by atoms with Crippen molar-refractivity contribution in [3.63, 3.8) is 0 Å². The number of carbonyl (C=O) groups excluding carboxylic acids is 1. The van der Waals surface area contributed by atoms with Crippen molar-refractivity contribution < 1.29 is 9.53 Å². The van der Waals surface area contributed by atoms with Gasteiger partial charge in [0.2, 0.25) is 0 Å². The number of hydrogen-bond donors (Lipinski definition) is 0. The predicted molar refractivity (Wildman–Crippen MR) is 69.6 cm³/mol. The van der Waals surface area contributed by atoms with Gasteiger partial charge in [-0.25, -0.2) is 0 Å². The van der Waals surface area contributed by atoms with Crippen molar-refractivity contribution in [2.24, 2.45) is 5.41 Å². The molecule has 0 aromatic carbocycles. The second-order valence-corrected chi connectivity index (χ2v) is 6.32. The van der Waals surface area contributed by atoms with Gasteiger partial charge in [0.1, 0.15) is 6.10 Å². The average molecular weight is 335 g/mol. The minimum absolute atomic E-state index is 0.0292. The summed E-state index contributed by atoms with van der Waals surface area (Å²) >= 11 is 2.35. The summed E-state index contributed by atoms with van der Waals surface area (Å²) in [5.41, 5.74) is 0.184. The third-order valence-electron chi connectivity index (χ3n) is 4.45. The van der Waals surface area contributed by atoms with Crippen molar-refractivity contribution in [2.45, 2.75) is 44.2 Å². The highest BCUT2D eigenvalue weighted by atomic mass is 127. The number of nitrogens with zero attached hydrogens (tertiary/aromatic N) is 1. The van der Waals surface area contributed by atoms with Crippen LogP contribution in [0, 0.1) is 5.41 Å². The van der Waals surface area contributed by atoms with E-state index in [1.165, 1.54) is 25.9 Å². The number of rotatable bonds is 2. The minimum atomic E-state index is 0.0292. The van der Waals surface area contributed by atoms with Gasteiger partial charge >= 0.3 is 5.97 Å². The van der Waals surface area contributed by atoms with Crippen molar-refractivity contribution in [1.29, 1.82) is 0 Å². The van der Waals surface area contributed by atoms with Gasteiger partial charge in [0.05, 0.1) is 6.42 Å². The Bertz CT molecular complexity index is 295. The molecule has 1 aliphatic carbocycles. The molecule has 1 spiro atoms.